The van der Waals surface area contributed by atoms with Crippen LogP contribution in [-0.2, 0) is 10.0 Å². The van der Waals surface area contributed by atoms with E-state index in [1.807, 2.05) is 4.72 Å². The van der Waals surface area contributed by atoms with Crippen LogP contribution in [0.25, 0.3) is 0 Å². The SMILES string of the molecule is CS(=O)(=O)Nc1c(F)cccc1C(=O)NC12CC(C(F)(F)F)(C1)C2. The molecule has 3 fully saturated rings. The molecule has 0 unspecified atom stereocenters. The quantitative estimate of drug-likeness (QED) is 0.804. The molecule has 0 atom stereocenters. The molecule has 5 nitrogen and oxygen atoms in total. The summed E-state index contributed by atoms with van der Waals surface area (Å²) in [5.41, 5.74) is -3.46. The van der Waals surface area contributed by atoms with E-state index in [1.165, 1.54) is 12.1 Å². The average molecular weight is 366 g/mol. The number of rotatable bonds is 4. The van der Waals surface area contributed by atoms with Crippen molar-refractivity contribution in [3.05, 3.63) is 29.6 Å². The largest absolute Gasteiger partial charge is 0.394 e. The fourth-order valence-electron chi connectivity index (χ4n) is 3.53. The number of carbonyl (C=O) groups is 1. The molecule has 132 valence electrons. The van der Waals surface area contributed by atoms with Crippen LogP contribution < -0.4 is 10.0 Å². The molecule has 3 aliphatic rings. The van der Waals surface area contributed by atoms with E-state index >= 15 is 0 Å². The van der Waals surface area contributed by atoms with Gasteiger partial charge in [-0.05, 0) is 31.4 Å². The summed E-state index contributed by atoms with van der Waals surface area (Å²) in [5, 5.41) is 2.48. The summed E-state index contributed by atoms with van der Waals surface area (Å²) in [6.45, 7) is 0. The topological polar surface area (TPSA) is 75.3 Å². The zero-order valence-electron chi connectivity index (χ0n) is 12.5. The smallest absolute Gasteiger partial charge is 0.346 e. The molecule has 0 radical (unpaired) electrons. The zero-order valence-corrected chi connectivity index (χ0v) is 13.3. The second-order valence-electron chi connectivity index (χ2n) is 6.58. The summed E-state index contributed by atoms with van der Waals surface area (Å²) in [7, 11) is -3.83. The second kappa shape index (κ2) is 4.84. The van der Waals surface area contributed by atoms with E-state index in [0.29, 0.717) is 0 Å². The minimum atomic E-state index is -4.30. The van der Waals surface area contributed by atoms with Crippen molar-refractivity contribution in [1.29, 1.82) is 0 Å². The van der Waals surface area contributed by atoms with Gasteiger partial charge in [0.25, 0.3) is 5.91 Å². The summed E-state index contributed by atoms with van der Waals surface area (Å²) in [4.78, 5) is 12.3. The van der Waals surface area contributed by atoms with Gasteiger partial charge in [-0.25, -0.2) is 12.8 Å². The van der Waals surface area contributed by atoms with Crippen LogP contribution in [0.4, 0.5) is 23.2 Å². The maximum Gasteiger partial charge on any atom is 0.394 e. The van der Waals surface area contributed by atoms with E-state index in [9.17, 15) is 30.8 Å². The maximum absolute atomic E-state index is 13.8. The molecule has 4 rings (SSSR count). The highest BCUT2D eigenvalue weighted by Gasteiger charge is 2.79. The normalized spacial score (nSPS) is 28.5. The third kappa shape index (κ3) is 2.62. The molecular weight excluding hydrogens is 352 g/mol. The Balaban J connectivity index is 1.78. The molecule has 0 spiro atoms. The van der Waals surface area contributed by atoms with E-state index in [2.05, 4.69) is 5.32 Å². The number of para-hydroxylation sites is 1. The molecule has 0 aromatic heterocycles. The molecular formula is C14H14F4N2O3S. The number of hydrogen-bond donors (Lipinski definition) is 2. The van der Waals surface area contributed by atoms with Gasteiger partial charge in [-0.15, -0.1) is 0 Å². The number of alkyl halides is 3. The Morgan fingerprint density at radius 2 is 1.79 bits per heavy atom. The van der Waals surface area contributed by atoms with Gasteiger partial charge in [0, 0.05) is 5.54 Å². The Hall–Kier alpha value is -1.84. The highest BCUT2D eigenvalue weighted by molar-refractivity contribution is 7.92. The van der Waals surface area contributed by atoms with E-state index < -0.39 is 44.6 Å². The summed E-state index contributed by atoms with van der Waals surface area (Å²) in [6, 6.07) is 3.40. The standard InChI is InChI=1S/C14H14F4N2O3S/c1-24(22,23)20-10-8(3-2-4-9(10)15)11(21)19-13-5-12(6-13,7-13)14(16,17)18/h2-4,20H,5-7H2,1H3,(H,19,21). The highest BCUT2D eigenvalue weighted by atomic mass is 32.2. The minimum absolute atomic E-state index is 0.209. The van der Waals surface area contributed by atoms with Crippen LogP contribution >= 0.6 is 0 Å². The van der Waals surface area contributed by atoms with Gasteiger partial charge in [0.2, 0.25) is 10.0 Å². The number of carbonyl (C=O) groups excluding carboxylic acids is 1. The summed E-state index contributed by atoms with van der Waals surface area (Å²) >= 11 is 0. The zero-order chi connectivity index (χ0) is 18.0. The predicted molar refractivity (Wildman–Crippen MR) is 77.4 cm³/mol. The first-order chi connectivity index (χ1) is 10.9. The monoisotopic (exact) mass is 366 g/mol. The first-order valence-electron chi connectivity index (χ1n) is 7.02. The lowest BCUT2D eigenvalue weighted by Crippen LogP contribution is -2.78. The Labute approximate surface area is 135 Å². The molecule has 1 amide bonds. The lowest BCUT2D eigenvalue weighted by Gasteiger charge is -2.70. The van der Waals surface area contributed by atoms with Crippen molar-refractivity contribution in [3.63, 3.8) is 0 Å². The van der Waals surface area contributed by atoms with E-state index in [1.54, 1.807) is 0 Å². The van der Waals surface area contributed by atoms with Crippen LogP contribution in [-0.4, -0.2) is 32.3 Å². The number of nitrogens with one attached hydrogen (secondary N) is 2. The first kappa shape index (κ1) is 17.0. The molecule has 0 heterocycles. The van der Waals surface area contributed by atoms with Crippen molar-refractivity contribution in [1.82, 2.24) is 5.32 Å². The predicted octanol–water partition coefficient (Wildman–Crippen LogP) is 2.41. The van der Waals surface area contributed by atoms with Crippen LogP contribution in [0.1, 0.15) is 29.6 Å². The van der Waals surface area contributed by atoms with E-state index in [4.69, 9.17) is 0 Å². The molecule has 2 bridgehead atoms. The lowest BCUT2D eigenvalue weighted by atomic mass is 9.39. The molecule has 1 aromatic rings. The molecule has 2 N–H and O–H groups in total. The summed E-state index contributed by atoms with van der Waals surface area (Å²) in [6.07, 6.45) is -4.13. The molecule has 3 aliphatic carbocycles. The Kier molecular flexibility index (Phi) is 3.43. The van der Waals surface area contributed by atoms with Crippen LogP contribution in [0.15, 0.2) is 18.2 Å². The van der Waals surface area contributed by atoms with Gasteiger partial charge in [0.15, 0.2) is 0 Å². The van der Waals surface area contributed by atoms with Crippen molar-refractivity contribution in [2.24, 2.45) is 5.41 Å². The average Bonchev–Trinajstić information content (AvgIpc) is 2.31. The highest BCUT2D eigenvalue weighted by Crippen LogP contribution is 2.73. The molecule has 10 heteroatoms. The number of amides is 1. The van der Waals surface area contributed by atoms with Crippen molar-refractivity contribution in [3.8, 4) is 0 Å². The lowest BCUT2D eigenvalue weighted by molar-refractivity contribution is -0.336. The number of benzene rings is 1. The third-order valence-corrected chi connectivity index (χ3v) is 5.13. The minimum Gasteiger partial charge on any atom is -0.346 e. The first-order valence-corrected chi connectivity index (χ1v) is 8.91. The molecule has 0 aliphatic heterocycles. The summed E-state index contributed by atoms with van der Waals surface area (Å²) in [5.74, 6) is -1.76. The van der Waals surface area contributed by atoms with Gasteiger partial charge in [-0.3, -0.25) is 9.52 Å². The molecule has 24 heavy (non-hydrogen) atoms. The number of halogens is 4. The third-order valence-electron chi connectivity index (χ3n) is 4.56. The van der Waals surface area contributed by atoms with Gasteiger partial charge < -0.3 is 5.32 Å². The van der Waals surface area contributed by atoms with Crippen molar-refractivity contribution < 1.29 is 30.8 Å². The fraction of sp³-hybridized carbons (Fsp3) is 0.500. The Morgan fingerprint density at radius 1 is 1.21 bits per heavy atom. The van der Waals surface area contributed by atoms with Crippen molar-refractivity contribution in [2.75, 3.05) is 11.0 Å². The second-order valence-corrected chi connectivity index (χ2v) is 8.33. The van der Waals surface area contributed by atoms with Crippen LogP contribution in [0.3, 0.4) is 0 Å². The van der Waals surface area contributed by atoms with Crippen molar-refractivity contribution in [2.45, 2.75) is 31.0 Å². The number of hydrogen-bond acceptors (Lipinski definition) is 3. The van der Waals surface area contributed by atoms with Gasteiger partial charge in [-0.2, -0.15) is 13.2 Å². The molecule has 1 aromatic carbocycles. The summed E-state index contributed by atoms with van der Waals surface area (Å²) < 4.78 is 76.8. The maximum atomic E-state index is 13.8. The Bertz CT molecular complexity index is 800. The van der Waals surface area contributed by atoms with Gasteiger partial charge in [-0.1, -0.05) is 6.07 Å². The fourth-order valence-corrected chi connectivity index (χ4v) is 4.11. The Morgan fingerprint density at radius 3 is 2.29 bits per heavy atom. The van der Waals surface area contributed by atoms with Gasteiger partial charge >= 0.3 is 6.18 Å². The van der Waals surface area contributed by atoms with Gasteiger partial charge in [0.1, 0.15) is 5.82 Å². The number of sulfonamides is 1. The van der Waals surface area contributed by atoms with Gasteiger partial charge in [0.05, 0.1) is 22.9 Å². The molecule has 0 saturated heterocycles. The van der Waals surface area contributed by atoms with Crippen LogP contribution in [0.5, 0.6) is 0 Å². The molecule has 3 saturated carbocycles. The van der Waals surface area contributed by atoms with Crippen LogP contribution in [0.2, 0.25) is 0 Å². The number of anilines is 1. The van der Waals surface area contributed by atoms with E-state index in [-0.39, 0.29) is 24.8 Å². The van der Waals surface area contributed by atoms with E-state index in [0.717, 1.165) is 12.3 Å². The van der Waals surface area contributed by atoms with Crippen LogP contribution in [0, 0.1) is 11.2 Å². The van der Waals surface area contributed by atoms with Crippen molar-refractivity contribution >= 4 is 21.6 Å².